The van der Waals surface area contributed by atoms with E-state index in [9.17, 15) is 4.79 Å². The number of piperazine rings is 1. The molecule has 6 nitrogen and oxygen atoms in total. The van der Waals surface area contributed by atoms with Crippen LogP contribution in [0.15, 0.2) is 12.3 Å². The molecule has 1 aromatic heterocycles. The summed E-state index contributed by atoms with van der Waals surface area (Å²) in [5, 5.41) is 0. The fraction of sp³-hybridized carbons (Fsp3) is 0.500. The Kier molecular flexibility index (Phi) is 3.66. The van der Waals surface area contributed by atoms with Gasteiger partial charge in [0.2, 0.25) is 0 Å². The number of nitrogens with zero attached hydrogens (tertiary/aromatic N) is 3. The predicted molar refractivity (Wildman–Crippen MR) is 69.7 cm³/mol. The minimum Gasteiger partial charge on any atom is -0.465 e. The van der Waals surface area contributed by atoms with Gasteiger partial charge in [0.25, 0.3) is 0 Å². The molecule has 1 aliphatic heterocycles. The number of nitrogens with two attached hydrogens (primary N) is 1. The number of hydrogen-bond donors (Lipinski definition) is 1. The molecule has 1 aromatic rings. The first-order valence-electron chi connectivity index (χ1n) is 5.89. The van der Waals surface area contributed by atoms with Crippen LogP contribution in [0.1, 0.15) is 10.4 Å². The van der Waals surface area contributed by atoms with Crippen molar-refractivity contribution in [2.45, 2.75) is 0 Å². The lowest BCUT2D eigenvalue weighted by Gasteiger charge is -2.33. The van der Waals surface area contributed by atoms with Crippen molar-refractivity contribution in [1.29, 1.82) is 0 Å². The summed E-state index contributed by atoms with van der Waals surface area (Å²) in [7, 11) is 3.43. The molecule has 2 N–H and O–H groups in total. The smallest absolute Gasteiger partial charge is 0.340 e. The zero-order chi connectivity index (χ0) is 13.1. The van der Waals surface area contributed by atoms with Gasteiger partial charge in [0, 0.05) is 32.4 Å². The number of hydrogen-bond acceptors (Lipinski definition) is 6. The van der Waals surface area contributed by atoms with Crippen LogP contribution in [0.3, 0.4) is 0 Å². The second-order valence-corrected chi connectivity index (χ2v) is 4.38. The van der Waals surface area contributed by atoms with E-state index in [0.717, 1.165) is 26.2 Å². The molecule has 0 saturated carbocycles. The van der Waals surface area contributed by atoms with Crippen LogP contribution >= 0.6 is 0 Å². The Bertz CT molecular complexity index is 442. The first-order valence-corrected chi connectivity index (χ1v) is 5.89. The van der Waals surface area contributed by atoms with Gasteiger partial charge in [-0.1, -0.05) is 0 Å². The maximum absolute atomic E-state index is 11.6. The average molecular weight is 250 g/mol. The minimum atomic E-state index is -0.426. The summed E-state index contributed by atoms with van der Waals surface area (Å²) in [6, 6.07) is 1.58. The molecule has 0 spiro atoms. The highest BCUT2D eigenvalue weighted by molar-refractivity contribution is 5.97. The molecule has 0 unspecified atom stereocenters. The molecule has 0 amide bonds. The van der Waals surface area contributed by atoms with Gasteiger partial charge in [-0.2, -0.15) is 0 Å². The molecule has 98 valence electrons. The van der Waals surface area contributed by atoms with Gasteiger partial charge in [0.05, 0.1) is 18.4 Å². The van der Waals surface area contributed by atoms with Gasteiger partial charge < -0.3 is 20.3 Å². The van der Waals surface area contributed by atoms with Crippen LogP contribution in [0.4, 0.5) is 11.5 Å². The largest absolute Gasteiger partial charge is 0.465 e. The lowest BCUT2D eigenvalue weighted by molar-refractivity contribution is 0.0602. The number of anilines is 2. The zero-order valence-electron chi connectivity index (χ0n) is 10.7. The van der Waals surface area contributed by atoms with Crippen molar-refractivity contribution in [3.05, 3.63) is 17.8 Å². The summed E-state index contributed by atoms with van der Waals surface area (Å²) in [6.07, 6.45) is 1.59. The summed E-state index contributed by atoms with van der Waals surface area (Å²) < 4.78 is 4.70. The van der Waals surface area contributed by atoms with E-state index in [0.29, 0.717) is 17.1 Å². The maximum Gasteiger partial charge on any atom is 0.340 e. The molecule has 0 radical (unpaired) electrons. The van der Waals surface area contributed by atoms with Crippen molar-refractivity contribution in [2.75, 3.05) is 51.0 Å². The lowest BCUT2D eigenvalue weighted by Crippen LogP contribution is -2.45. The van der Waals surface area contributed by atoms with E-state index in [1.807, 2.05) is 0 Å². The molecule has 1 saturated heterocycles. The third kappa shape index (κ3) is 2.38. The number of nitrogen functional groups attached to an aromatic ring is 1. The first-order chi connectivity index (χ1) is 8.63. The monoisotopic (exact) mass is 250 g/mol. The average Bonchev–Trinajstić information content (AvgIpc) is 2.39. The topological polar surface area (TPSA) is 71.7 Å². The van der Waals surface area contributed by atoms with Crippen LogP contribution in [-0.4, -0.2) is 56.2 Å². The molecule has 1 aliphatic rings. The second kappa shape index (κ2) is 5.22. The van der Waals surface area contributed by atoms with Gasteiger partial charge in [-0.25, -0.2) is 9.78 Å². The molecular formula is C12H18N4O2. The summed E-state index contributed by atoms with van der Waals surface area (Å²) >= 11 is 0. The summed E-state index contributed by atoms with van der Waals surface area (Å²) in [4.78, 5) is 20.2. The Balaban J connectivity index is 2.26. The molecule has 1 fully saturated rings. The Morgan fingerprint density at radius 1 is 1.39 bits per heavy atom. The van der Waals surface area contributed by atoms with Gasteiger partial charge in [0.15, 0.2) is 5.82 Å². The first kappa shape index (κ1) is 12.6. The van der Waals surface area contributed by atoms with Crippen LogP contribution < -0.4 is 10.6 Å². The van der Waals surface area contributed by atoms with Gasteiger partial charge in [-0.05, 0) is 13.1 Å². The predicted octanol–water partition coefficient (Wildman–Crippen LogP) is 0.202. The third-order valence-corrected chi connectivity index (χ3v) is 3.18. The van der Waals surface area contributed by atoms with Gasteiger partial charge in [-0.3, -0.25) is 0 Å². The highest BCUT2D eigenvalue weighted by Crippen LogP contribution is 2.25. The number of likely N-dealkylation sites (N-methyl/N-ethyl adjacent to an activating group) is 1. The Morgan fingerprint density at radius 3 is 2.67 bits per heavy atom. The Morgan fingerprint density at radius 2 is 2.06 bits per heavy atom. The van der Waals surface area contributed by atoms with Crippen LogP contribution in [-0.2, 0) is 4.74 Å². The number of esters is 1. The van der Waals surface area contributed by atoms with Crippen molar-refractivity contribution in [3.63, 3.8) is 0 Å². The minimum absolute atomic E-state index is 0.376. The van der Waals surface area contributed by atoms with E-state index in [2.05, 4.69) is 21.8 Å². The molecule has 2 heterocycles. The van der Waals surface area contributed by atoms with E-state index in [1.165, 1.54) is 7.11 Å². The standard InChI is InChI=1S/C12H18N4O2/c1-15-5-7-16(8-6-15)11-10(13)9(3-4-14-11)12(17)18-2/h3-4H,5-8,13H2,1-2H3. The van der Waals surface area contributed by atoms with Gasteiger partial charge in [0.1, 0.15) is 0 Å². The summed E-state index contributed by atoms with van der Waals surface area (Å²) in [5.41, 5.74) is 6.78. The number of carbonyl (C=O) groups is 1. The van der Waals surface area contributed by atoms with Gasteiger partial charge >= 0.3 is 5.97 Å². The SMILES string of the molecule is COC(=O)c1ccnc(N2CCN(C)CC2)c1N. The fourth-order valence-electron chi connectivity index (χ4n) is 2.02. The van der Waals surface area contributed by atoms with E-state index in [4.69, 9.17) is 10.5 Å². The van der Waals surface area contributed by atoms with E-state index in [-0.39, 0.29) is 0 Å². The van der Waals surface area contributed by atoms with E-state index >= 15 is 0 Å². The number of aromatic nitrogens is 1. The van der Waals surface area contributed by atoms with Gasteiger partial charge in [-0.15, -0.1) is 0 Å². The second-order valence-electron chi connectivity index (χ2n) is 4.38. The number of ether oxygens (including phenoxy) is 1. The molecule has 18 heavy (non-hydrogen) atoms. The van der Waals surface area contributed by atoms with Crippen molar-refractivity contribution in [3.8, 4) is 0 Å². The van der Waals surface area contributed by atoms with Crippen molar-refractivity contribution >= 4 is 17.5 Å². The van der Waals surface area contributed by atoms with Crippen LogP contribution in [0.2, 0.25) is 0 Å². The molecular weight excluding hydrogens is 232 g/mol. The normalized spacial score (nSPS) is 16.7. The van der Waals surface area contributed by atoms with Crippen molar-refractivity contribution in [1.82, 2.24) is 9.88 Å². The molecule has 0 atom stereocenters. The zero-order valence-corrected chi connectivity index (χ0v) is 10.7. The summed E-state index contributed by atoms with van der Waals surface area (Å²) in [5.74, 6) is 0.247. The molecule has 0 bridgehead atoms. The highest BCUT2D eigenvalue weighted by atomic mass is 16.5. The number of carbonyl (C=O) groups excluding carboxylic acids is 1. The Hall–Kier alpha value is -1.82. The summed E-state index contributed by atoms with van der Waals surface area (Å²) in [6.45, 7) is 3.64. The van der Waals surface area contributed by atoms with Crippen molar-refractivity contribution in [2.24, 2.45) is 0 Å². The van der Waals surface area contributed by atoms with E-state index < -0.39 is 5.97 Å². The highest BCUT2D eigenvalue weighted by Gasteiger charge is 2.21. The van der Waals surface area contributed by atoms with Crippen molar-refractivity contribution < 1.29 is 9.53 Å². The van der Waals surface area contributed by atoms with Crippen LogP contribution in [0.25, 0.3) is 0 Å². The molecule has 6 heteroatoms. The van der Waals surface area contributed by atoms with E-state index in [1.54, 1.807) is 12.3 Å². The molecule has 0 aromatic carbocycles. The maximum atomic E-state index is 11.6. The number of methoxy groups -OCH3 is 1. The lowest BCUT2D eigenvalue weighted by atomic mass is 10.2. The number of rotatable bonds is 2. The molecule has 2 rings (SSSR count). The van der Waals surface area contributed by atoms with Crippen LogP contribution in [0.5, 0.6) is 0 Å². The Labute approximate surface area is 106 Å². The molecule has 0 aliphatic carbocycles. The third-order valence-electron chi connectivity index (χ3n) is 3.18. The quantitative estimate of drug-likeness (QED) is 0.756. The van der Waals surface area contributed by atoms with Crippen LogP contribution in [0, 0.1) is 0 Å². The number of pyridine rings is 1. The fourth-order valence-corrected chi connectivity index (χ4v) is 2.02.